The van der Waals surface area contributed by atoms with E-state index in [0.29, 0.717) is 30.7 Å². The molecule has 0 N–H and O–H groups in total. The summed E-state index contributed by atoms with van der Waals surface area (Å²) in [5, 5.41) is 3.43. The van der Waals surface area contributed by atoms with Gasteiger partial charge in [-0.3, -0.25) is 4.79 Å². The van der Waals surface area contributed by atoms with E-state index in [2.05, 4.69) is 30.8 Å². The van der Waals surface area contributed by atoms with Crippen molar-refractivity contribution in [3.05, 3.63) is 39.8 Å². The molecule has 0 aromatic heterocycles. The first-order valence-corrected chi connectivity index (χ1v) is 6.62. The lowest BCUT2D eigenvalue weighted by Crippen LogP contribution is -2.13. The number of ether oxygens (including phenoxy) is 1. The van der Waals surface area contributed by atoms with Crippen molar-refractivity contribution in [3.63, 3.8) is 0 Å². The van der Waals surface area contributed by atoms with E-state index in [1.165, 1.54) is 0 Å². The summed E-state index contributed by atoms with van der Waals surface area (Å²) in [5.41, 5.74) is 9.88. The first-order chi connectivity index (χ1) is 9.40. The highest BCUT2D eigenvalue weighted by Crippen LogP contribution is 2.28. The van der Waals surface area contributed by atoms with Gasteiger partial charge in [-0.25, -0.2) is 0 Å². The number of rotatable bonds is 6. The first-order valence-electron chi connectivity index (χ1n) is 6.62. The van der Waals surface area contributed by atoms with E-state index in [1.54, 1.807) is 7.11 Å². The Hall–Kier alpha value is -2.00. The molecule has 0 aliphatic carbocycles. The smallest absolute Gasteiger partial charge is 0.166 e. The zero-order chi connectivity index (χ0) is 15.2. The number of methoxy groups -OCH3 is 1. The van der Waals surface area contributed by atoms with Crippen LogP contribution in [0.25, 0.3) is 10.4 Å². The fourth-order valence-corrected chi connectivity index (χ4v) is 1.88. The van der Waals surface area contributed by atoms with E-state index in [1.807, 2.05) is 18.2 Å². The predicted molar refractivity (Wildman–Crippen MR) is 79.3 cm³/mol. The third-order valence-corrected chi connectivity index (χ3v) is 3.09. The molecule has 0 aliphatic heterocycles. The summed E-state index contributed by atoms with van der Waals surface area (Å²) in [5.74, 6) is 0.605. The lowest BCUT2D eigenvalue weighted by atomic mass is 9.85. The quantitative estimate of drug-likeness (QED) is 0.255. The molecule has 1 rings (SSSR count). The minimum Gasteiger partial charge on any atom is -0.496 e. The van der Waals surface area contributed by atoms with Gasteiger partial charge in [-0.05, 0) is 35.1 Å². The molecular weight excluding hydrogens is 254 g/mol. The van der Waals surface area contributed by atoms with Gasteiger partial charge in [-0.2, -0.15) is 0 Å². The molecule has 0 saturated heterocycles. The molecule has 5 nitrogen and oxygen atoms in total. The Bertz CT molecular complexity index is 526. The zero-order valence-electron chi connectivity index (χ0n) is 12.5. The van der Waals surface area contributed by atoms with Crippen molar-refractivity contribution in [2.24, 2.45) is 5.11 Å². The Morgan fingerprint density at radius 2 is 2.10 bits per heavy atom. The highest BCUT2D eigenvalue weighted by atomic mass is 16.5. The third kappa shape index (κ3) is 4.28. The summed E-state index contributed by atoms with van der Waals surface area (Å²) >= 11 is 0. The molecule has 0 heterocycles. The van der Waals surface area contributed by atoms with E-state index in [9.17, 15) is 4.79 Å². The highest BCUT2D eigenvalue weighted by Gasteiger charge is 2.18. The fourth-order valence-electron chi connectivity index (χ4n) is 1.88. The lowest BCUT2D eigenvalue weighted by molar-refractivity contribution is 0.0977. The van der Waals surface area contributed by atoms with Crippen LogP contribution in [0.4, 0.5) is 0 Å². The van der Waals surface area contributed by atoms with Crippen molar-refractivity contribution in [2.75, 3.05) is 13.7 Å². The summed E-state index contributed by atoms with van der Waals surface area (Å²) in [7, 11) is 1.56. The van der Waals surface area contributed by atoms with Crippen molar-refractivity contribution >= 4 is 5.78 Å². The van der Waals surface area contributed by atoms with Crippen molar-refractivity contribution < 1.29 is 9.53 Å². The zero-order valence-corrected chi connectivity index (χ0v) is 12.5. The van der Waals surface area contributed by atoms with E-state index in [-0.39, 0.29) is 11.2 Å². The summed E-state index contributed by atoms with van der Waals surface area (Å²) in [6.45, 7) is 6.64. The topological polar surface area (TPSA) is 75.1 Å². The van der Waals surface area contributed by atoms with Crippen LogP contribution >= 0.6 is 0 Å². The van der Waals surface area contributed by atoms with Gasteiger partial charge in [-0.1, -0.05) is 32.0 Å². The number of azide groups is 1. The summed E-state index contributed by atoms with van der Waals surface area (Å²) < 4.78 is 5.26. The molecule has 0 radical (unpaired) electrons. The molecule has 1 aromatic carbocycles. The lowest BCUT2D eigenvalue weighted by Gasteiger charge is -2.20. The SMILES string of the molecule is COc1ccc(C(C)(C)C)cc1C(=O)CCCN=[N+]=[N-]. The Morgan fingerprint density at radius 1 is 1.40 bits per heavy atom. The number of hydrogen-bond donors (Lipinski definition) is 0. The molecule has 5 heteroatoms. The van der Waals surface area contributed by atoms with Gasteiger partial charge in [0.25, 0.3) is 0 Å². The molecule has 0 saturated carbocycles. The van der Waals surface area contributed by atoms with Crippen LogP contribution in [0, 0.1) is 0 Å². The average Bonchev–Trinajstić information content (AvgIpc) is 2.41. The Labute approximate surface area is 119 Å². The highest BCUT2D eigenvalue weighted by molar-refractivity contribution is 5.98. The molecule has 108 valence electrons. The minimum atomic E-state index is -0.0214. The predicted octanol–water partition coefficient (Wildman–Crippen LogP) is 4.27. The van der Waals surface area contributed by atoms with Gasteiger partial charge in [0.15, 0.2) is 5.78 Å². The van der Waals surface area contributed by atoms with Crippen LogP contribution in [0.1, 0.15) is 49.5 Å². The second-order valence-electron chi connectivity index (χ2n) is 5.65. The average molecular weight is 275 g/mol. The number of ketones is 1. The Morgan fingerprint density at radius 3 is 2.65 bits per heavy atom. The van der Waals surface area contributed by atoms with E-state index >= 15 is 0 Å². The maximum atomic E-state index is 12.3. The second kappa shape index (κ2) is 6.96. The normalized spacial score (nSPS) is 10.8. The van der Waals surface area contributed by atoms with Crippen LogP contribution in [-0.2, 0) is 5.41 Å². The maximum Gasteiger partial charge on any atom is 0.166 e. The molecule has 0 spiro atoms. The number of Topliss-reactive ketones (excluding diaryl/α,β-unsaturated/α-hetero) is 1. The van der Waals surface area contributed by atoms with Gasteiger partial charge in [0.1, 0.15) is 5.75 Å². The number of carbonyl (C=O) groups is 1. The van der Waals surface area contributed by atoms with Gasteiger partial charge >= 0.3 is 0 Å². The standard InChI is InChI=1S/C15H21N3O2/c1-15(2,3)11-7-8-14(20-4)12(10-11)13(19)6-5-9-17-18-16/h7-8,10H,5-6,9H2,1-4H3. The fraction of sp³-hybridized carbons (Fsp3) is 0.533. The molecule has 0 fully saturated rings. The largest absolute Gasteiger partial charge is 0.496 e. The van der Waals surface area contributed by atoms with E-state index in [0.717, 1.165) is 5.56 Å². The van der Waals surface area contributed by atoms with Crippen molar-refractivity contribution in [1.82, 2.24) is 0 Å². The van der Waals surface area contributed by atoms with Gasteiger partial charge in [-0.15, -0.1) is 0 Å². The van der Waals surface area contributed by atoms with Crippen LogP contribution in [0.2, 0.25) is 0 Å². The molecular formula is C15H21N3O2. The van der Waals surface area contributed by atoms with E-state index < -0.39 is 0 Å². The molecule has 1 aromatic rings. The number of nitrogens with zero attached hydrogens (tertiary/aromatic N) is 3. The van der Waals surface area contributed by atoms with Crippen LogP contribution in [0.3, 0.4) is 0 Å². The van der Waals surface area contributed by atoms with Crippen molar-refractivity contribution in [2.45, 2.75) is 39.0 Å². The van der Waals surface area contributed by atoms with Crippen LogP contribution in [0.15, 0.2) is 23.3 Å². The van der Waals surface area contributed by atoms with Gasteiger partial charge in [0.05, 0.1) is 12.7 Å². The summed E-state index contributed by atoms with van der Waals surface area (Å²) in [6, 6.07) is 5.71. The summed E-state index contributed by atoms with van der Waals surface area (Å²) in [4.78, 5) is 14.9. The number of carbonyl (C=O) groups excluding carboxylic acids is 1. The maximum absolute atomic E-state index is 12.3. The molecule has 0 amide bonds. The van der Waals surface area contributed by atoms with Crippen LogP contribution < -0.4 is 4.74 Å². The molecule has 20 heavy (non-hydrogen) atoms. The molecule has 0 atom stereocenters. The Kier molecular flexibility index (Phi) is 5.59. The monoisotopic (exact) mass is 275 g/mol. The number of hydrogen-bond acceptors (Lipinski definition) is 3. The van der Waals surface area contributed by atoms with Crippen molar-refractivity contribution in [3.8, 4) is 5.75 Å². The van der Waals surface area contributed by atoms with E-state index in [4.69, 9.17) is 10.3 Å². The molecule has 0 bridgehead atoms. The molecule has 0 aliphatic rings. The van der Waals surface area contributed by atoms with Crippen LogP contribution in [-0.4, -0.2) is 19.4 Å². The van der Waals surface area contributed by atoms with Crippen molar-refractivity contribution in [1.29, 1.82) is 0 Å². The molecule has 0 unspecified atom stereocenters. The second-order valence-corrected chi connectivity index (χ2v) is 5.65. The van der Waals surface area contributed by atoms with Gasteiger partial charge in [0, 0.05) is 17.9 Å². The Balaban J connectivity index is 2.95. The summed E-state index contributed by atoms with van der Waals surface area (Å²) in [6.07, 6.45) is 0.898. The third-order valence-electron chi connectivity index (χ3n) is 3.09. The van der Waals surface area contributed by atoms with Crippen LogP contribution in [0.5, 0.6) is 5.75 Å². The van der Waals surface area contributed by atoms with Gasteiger partial charge < -0.3 is 4.74 Å². The first kappa shape index (κ1) is 16.1. The number of benzene rings is 1. The van der Waals surface area contributed by atoms with Gasteiger partial charge in [0.2, 0.25) is 0 Å². The minimum absolute atomic E-state index is 0.0149.